The molecule has 19 heavy (non-hydrogen) atoms. The van der Waals surface area contributed by atoms with Gasteiger partial charge in [-0.1, -0.05) is 18.2 Å². The number of aliphatic carboxylic acids is 1. The van der Waals surface area contributed by atoms with E-state index in [2.05, 4.69) is 5.32 Å². The van der Waals surface area contributed by atoms with Crippen molar-refractivity contribution >= 4 is 17.7 Å². The van der Waals surface area contributed by atoms with Gasteiger partial charge < -0.3 is 15.3 Å². The monoisotopic (exact) mass is 262 g/mol. The molecule has 2 rings (SSSR count). The molecule has 2 amide bonds. The number of urea groups is 1. The number of nitrogens with zero attached hydrogens (tertiary/aromatic N) is 1. The maximum atomic E-state index is 12.0. The van der Waals surface area contributed by atoms with Crippen molar-refractivity contribution in [2.24, 2.45) is 5.41 Å². The number of nitrogens with one attached hydrogen (secondary N) is 1. The summed E-state index contributed by atoms with van der Waals surface area (Å²) < 4.78 is 0. The summed E-state index contributed by atoms with van der Waals surface area (Å²) in [6.45, 7) is 2.69. The highest BCUT2D eigenvalue weighted by molar-refractivity contribution is 5.89. The lowest BCUT2D eigenvalue weighted by molar-refractivity contribution is -0.150. The zero-order chi connectivity index (χ0) is 13.9. The molecule has 0 aliphatic carbocycles. The van der Waals surface area contributed by atoms with E-state index in [0.29, 0.717) is 25.9 Å². The average Bonchev–Trinajstić information content (AvgIpc) is 2.40. The molecule has 0 spiro atoms. The predicted octanol–water partition coefficient (Wildman–Crippen LogP) is 2.41. The van der Waals surface area contributed by atoms with Gasteiger partial charge in [0.1, 0.15) is 0 Å². The number of likely N-dealkylation sites (tertiary alicyclic amines) is 1. The van der Waals surface area contributed by atoms with E-state index in [1.165, 1.54) is 0 Å². The lowest BCUT2D eigenvalue weighted by atomic mass is 9.80. The zero-order valence-corrected chi connectivity index (χ0v) is 10.9. The molecule has 102 valence electrons. The normalized spacial score (nSPS) is 17.8. The van der Waals surface area contributed by atoms with Gasteiger partial charge in [-0.3, -0.25) is 4.79 Å². The molecule has 0 bridgehead atoms. The second-order valence-electron chi connectivity index (χ2n) is 5.15. The summed E-state index contributed by atoms with van der Waals surface area (Å²) in [4.78, 5) is 24.8. The van der Waals surface area contributed by atoms with E-state index in [-0.39, 0.29) is 6.03 Å². The van der Waals surface area contributed by atoms with E-state index >= 15 is 0 Å². The van der Waals surface area contributed by atoms with Crippen LogP contribution in [0.15, 0.2) is 30.3 Å². The molecule has 5 heteroatoms. The summed E-state index contributed by atoms with van der Waals surface area (Å²) in [6, 6.07) is 9.07. The third-order valence-corrected chi connectivity index (χ3v) is 3.70. The number of carbonyl (C=O) groups is 2. The molecule has 1 aromatic carbocycles. The minimum Gasteiger partial charge on any atom is -0.481 e. The van der Waals surface area contributed by atoms with Gasteiger partial charge in [0.15, 0.2) is 0 Å². The summed E-state index contributed by atoms with van der Waals surface area (Å²) >= 11 is 0. The standard InChI is InChI=1S/C14H18N2O3/c1-14(12(17)18)7-9-16(10-8-14)13(19)15-11-5-3-2-4-6-11/h2-6H,7-10H2,1H3,(H,15,19)(H,17,18). The Morgan fingerprint density at radius 1 is 1.21 bits per heavy atom. The topological polar surface area (TPSA) is 69.6 Å². The third kappa shape index (κ3) is 3.05. The summed E-state index contributed by atoms with van der Waals surface area (Å²) in [6.07, 6.45) is 0.981. The van der Waals surface area contributed by atoms with Gasteiger partial charge in [-0.05, 0) is 31.9 Å². The Labute approximate surface area is 112 Å². The highest BCUT2D eigenvalue weighted by Gasteiger charge is 2.37. The zero-order valence-electron chi connectivity index (χ0n) is 10.9. The van der Waals surface area contributed by atoms with E-state index in [9.17, 15) is 9.59 Å². The molecule has 2 N–H and O–H groups in total. The molecule has 0 saturated carbocycles. The van der Waals surface area contributed by atoms with Crippen LogP contribution in [0.5, 0.6) is 0 Å². The van der Waals surface area contributed by atoms with Crippen LogP contribution in [0.2, 0.25) is 0 Å². The van der Waals surface area contributed by atoms with Crippen molar-refractivity contribution in [2.75, 3.05) is 18.4 Å². The first-order chi connectivity index (χ1) is 9.01. The summed E-state index contributed by atoms with van der Waals surface area (Å²) in [7, 11) is 0. The Bertz CT molecular complexity index is 465. The van der Waals surface area contributed by atoms with E-state index < -0.39 is 11.4 Å². The van der Waals surface area contributed by atoms with Crippen LogP contribution in [-0.4, -0.2) is 35.1 Å². The van der Waals surface area contributed by atoms with Gasteiger partial charge in [-0.25, -0.2) is 4.79 Å². The van der Waals surface area contributed by atoms with Crippen LogP contribution >= 0.6 is 0 Å². The molecule has 1 aliphatic heterocycles. The number of amides is 2. The lowest BCUT2D eigenvalue weighted by Gasteiger charge is -2.36. The molecule has 5 nitrogen and oxygen atoms in total. The average molecular weight is 262 g/mol. The van der Waals surface area contributed by atoms with Gasteiger partial charge in [-0.2, -0.15) is 0 Å². The Balaban J connectivity index is 1.91. The first-order valence-corrected chi connectivity index (χ1v) is 6.36. The van der Waals surface area contributed by atoms with Crippen LogP contribution in [0.3, 0.4) is 0 Å². The SMILES string of the molecule is CC1(C(=O)O)CCN(C(=O)Nc2ccccc2)CC1. The van der Waals surface area contributed by atoms with Gasteiger partial charge in [-0.15, -0.1) is 0 Å². The summed E-state index contributed by atoms with van der Waals surface area (Å²) in [5.74, 6) is -0.782. The lowest BCUT2D eigenvalue weighted by Crippen LogP contribution is -2.46. The van der Waals surface area contributed by atoms with E-state index in [1.54, 1.807) is 11.8 Å². The molecule has 1 heterocycles. The van der Waals surface area contributed by atoms with Crippen molar-refractivity contribution in [1.29, 1.82) is 0 Å². The number of para-hydroxylation sites is 1. The van der Waals surface area contributed by atoms with Crippen LogP contribution < -0.4 is 5.32 Å². The Kier molecular flexibility index (Phi) is 3.74. The van der Waals surface area contributed by atoms with Crippen LogP contribution in [0.4, 0.5) is 10.5 Å². The number of hydrogen-bond donors (Lipinski definition) is 2. The van der Waals surface area contributed by atoms with Crippen molar-refractivity contribution in [2.45, 2.75) is 19.8 Å². The fraction of sp³-hybridized carbons (Fsp3) is 0.429. The van der Waals surface area contributed by atoms with Crippen molar-refractivity contribution < 1.29 is 14.7 Å². The number of carboxylic acids is 1. The Hall–Kier alpha value is -2.04. The highest BCUT2D eigenvalue weighted by Crippen LogP contribution is 2.31. The van der Waals surface area contributed by atoms with Crippen LogP contribution in [0.1, 0.15) is 19.8 Å². The highest BCUT2D eigenvalue weighted by atomic mass is 16.4. The van der Waals surface area contributed by atoms with E-state index in [0.717, 1.165) is 5.69 Å². The molecular weight excluding hydrogens is 244 g/mol. The fourth-order valence-corrected chi connectivity index (χ4v) is 2.14. The maximum Gasteiger partial charge on any atom is 0.321 e. The van der Waals surface area contributed by atoms with E-state index in [1.807, 2.05) is 30.3 Å². The molecule has 1 saturated heterocycles. The molecule has 1 aromatic rings. The summed E-state index contributed by atoms with van der Waals surface area (Å²) in [5, 5.41) is 11.9. The first-order valence-electron chi connectivity index (χ1n) is 6.36. The maximum absolute atomic E-state index is 12.0. The number of carbonyl (C=O) groups excluding carboxylic acids is 1. The molecule has 1 aliphatic rings. The van der Waals surface area contributed by atoms with Crippen LogP contribution in [-0.2, 0) is 4.79 Å². The number of anilines is 1. The van der Waals surface area contributed by atoms with Crippen molar-refractivity contribution in [1.82, 2.24) is 4.90 Å². The van der Waals surface area contributed by atoms with Crippen molar-refractivity contribution in [3.05, 3.63) is 30.3 Å². The third-order valence-electron chi connectivity index (χ3n) is 3.70. The van der Waals surface area contributed by atoms with Crippen LogP contribution in [0.25, 0.3) is 0 Å². The van der Waals surface area contributed by atoms with Crippen molar-refractivity contribution in [3.63, 3.8) is 0 Å². The molecular formula is C14H18N2O3. The van der Waals surface area contributed by atoms with Gasteiger partial charge >= 0.3 is 12.0 Å². The molecule has 0 unspecified atom stereocenters. The number of benzene rings is 1. The summed E-state index contributed by atoms with van der Waals surface area (Å²) in [5.41, 5.74) is 0.0443. The quantitative estimate of drug-likeness (QED) is 0.859. The molecule has 0 aromatic heterocycles. The molecule has 0 atom stereocenters. The number of hydrogen-bond acceptors (Lipinski definition) is 2. The van der Waals surface area contributed by atoms with Gasteiger partial charge in [0, 0.05) is 18.8 Å². The molecule has 1 fully saturated rings. The second-order valence-corrected chi connectivity index (χ2v) is 5.15. The van der Waals surface area contributed by atoms with Crippen LogP contribution in [0, 0.1) is 5.41 Å². The molecule has 0 radical (unpaired) electrons. The number of carboxylic acid groups (broad SMARTS) is 1. The number of rotatable bonds is 2. The van der Waals surface area contributed by atoms with Gasteiger partial charge in [0.2, 0.25) is 0 Å². The Morgan fingerprint density at radius 2 is 1.79 bits per heavy atom. The second kappa shape index (κ2) is 5.30. The fourth-order valence-electron chi connectivity index (χ4n) is 2.14. The predicted molar refractivity (Wildman–Crippen MR) is 72.0 cm³/mol. The largest absolute Gasteiger partial charge is 0.481 e. The Morgan fingerprint density at radius 3 is 2.32 bits per heavy atom. The number of piperidine rings is 1. The van der Waals surface area contributed by atoms with Gasteiger partial charge in [0.25, 0.3) is 0 Å². The minimum atomic E-state index is -0.782. The van der Waals surface area contributed by atoms with E-state index in [4.69, 9.17) is 5.11 Å². The van der Waals surface area contributed by atoms with Gasteiger partial charge in [0.05, 0.1) is 5.41 Å². The van der Waals surface area contributed by atoms with Crippen molar-refractivity contribution in [3.8, 4) is 0 Å². The minimum absolute atomic E-state index is 0.168. The first kappa shape index (κ1) is 13.4. The smallest absolute Gasteiger partial charge is 0.321 e.